The quantitative estimate of drug-likeness (QED) is 0.243. The number of aromatic nitrogens is 1. The maximum absolute atomic E-state index is 13.2. The highest BCUT2D eigenvalue weighted by Crippen LogP contribution is 2.36. The van der Waals surface area contributed by atoms with Crippen LogP contribution in [0.4, 0.5) is 11.5 Å². The van der Waals surface area contributed by atoms with Crippen LogP contribution in [0.25, 0.3) is 10.8 Å². The number of amides is 2. The number of nitrogens with zero attached hydrogens (tertiary/aromatic N) is 1. The van der Waals surface area contributed by atoms with E-state index in [1.54, 1.807) is 18.3 Å². The summed E-state index contributed by atoms with van der Waals surface area (Å²) in [5, 5.41) is 7.50. The Bertz CT molecular complexity index is 1490. The fourth-order valence-corrected chi connectivity index (χ4v) is 4.84. The Balaban J connectivity index is 1.30. The highest BCUT2D eigenvalue weighted by molar-refractivity contribution is 8.00. The van der Waals surface area contributed by atoms with E-state index in [4.69, 9.17) is 0 Å². The maximum Gasteiger partial charge on any atom is 0.255 e. The Labute approximate surface area is 213 Å². The molecule has 5 nitrogen and oxygen atoms in total. The molecular weight excluding hydrogens is 466 g/mol. The Morgan fingerprint density at radius 1 is 0.694 bits per heavy atom. The molecule has 1 aromatic heterocycles. The molecule has 176 valence electrons. The van der Waals surface area contributed by atoms with Crippen molar-refractivity contribution in [2.75, 3.05) is 10.6 Å². The predicted molar refractivity (Wildman–Crippen MR) is 146 cm³/mol. The first-order chi connectivity index (χ1) is 17.7. The van der Waals surface area contributed by atoms with Gasteiger partial charge in [0.15, 0.2) is 0 Å². The van der Waals surface area contributed by atoms with Crippen LogP contribution in [0.5, 0.6) is 0 Å². The second kappa shape index (κ2) is 10.9. The molecule has 5 aromatic rings. The molecule has 1 unspecified atom stereocenters. The summed E-state index contributed by atoms with van der Waals surface area (Å²) in [6.45, 7) is 0. The Hall–Kier alpha value is -4.42. The number of pyridine rings is 1. The van der Waals surface area contributed by atoms with Gasteiger partial charge in [-0.1, -0.05) is 66.7 Å². The minimum absolute atomic E-state index is 0.154. The van der Waals surface area contributed by atoms with Gasteiger partial charge in [0.05, 0.1) is 0 Å². The van der Waals surface area contributed by atoms with Crippen LogP contribution in [0.3, 0.4) is 0 Å². The van der Waals surface area contributed by atoms with Crippen molar-refractivity contribution in [3.63, 3.8) is 0 Å². The average Bonchev–Trinajstić information content (AvgIpc) is 2.93. The second-order valence-corrected chi connectivity index (χ2v) is 9.33. The van der Waals surface area contributed by atoms with Crippen LogP contribution in [0.1, 0.15) is 21.2 Å². The number of carbonyl (C=O) groups excluding carboxylic acids is 2. The van der Waals surface area contributed by atoms with E-state index in [1.165, 1.54) is 11.8 Å². The number of hydrogen-bond acceptors (Lipinski definition) is 4. The van der Waals surface area contributed by atoms with Crippen molar-refractivity contribution >= 4 is 45.9 Å². The molecule has 0 bridgehead atoms. The lowest BCUT2D eigenvalue weighted by Crippen LogP contribution is -2.19. The van der Waals surface area contributed by atoms with Crippen LogP contribution in [0.2, 0.25) is 0 Å². The van der Waals surface area contributed by atoms with Gasteiger partial charge < -0.3 is 10.6 Å². The third-order valence-corrected chi connectivity index (χ3v) is 6.90. The molecule has 0 radical (unpaired) electrons. The highest BCUT2D eigenvalue weighted by atomic mass is 32.2. The molecule has 0 aliphatic rings. The van der Waals surface area contributed by atoms with Crippen LogP contribution < -0.4 is 10.6 Å². The summed E-state index contributed by atoms with van der Waals surface area (Å²) in [7, 11) is 0. The molecule has 0 saturated carbocycles. The van der Waals surface area contributed by atoms with Gasteiger partial charge in [-0.25, -0.2) is 4.98 Å². The first kappa shape index (κ1) is 23.3. The van der Waals surface area contributed by atoms with Crippen molar-refractivity contribution in [1.29, 1.82) is 0 Å². The number of thioether (sulfide) groups is 1. The molecule has 0 aliphatic carbocycles. The maximum atomic E-state index is 13.2. The number of rotatable bonds is 7. The average molecular weight is 490 g/mol. The van der Waals surface area contributed by atoms with Gasteiger partial charge in [-0.3, -0.25) is 9.59 Å². The molecule has 0 aliphatic heterocycles. The third kappa shape index (κ3) is 5.62. The van der Waals surface area contributed by atoms with Gasteiger partial charge in [-0.05, 0) is 64.9 Å². The summed E-state index contributed by atoms with van der Waals surface area (Å²) >= 11 is 1.44. The van der Waals surface area contributed by atoms with Crippen molar-refractivity contribution in [1.82, 2.24) is 4.98 Å². The molecule has 36 heavy (non-hydrogen) atoms. The molecule has 1 atom stereocenters. The number of carbonyl (C=O) groups is 2. The van der Waals surface area contributed by atoms with Crippen molar-refractivity contribution in [2.45, 2.75) is 10.1 Å². The summed E-state index contributed by atoms with van der Waals surface area (Å²) < 4.78 is 0. The monoisotopic (exact) mass is 489 g/mol. The lowest BCUT2D eigenvalue weighted by Gasteiger charge is -2.17. The molecule has 4 aromatic carbocycles. The third-order valence-electron chi connectivity index (χ3n) is 5.63. The van der Waals surface area contributed by atoms with E-state index in [0.29, 0.717) is 17.1 Å². The molecule has 0 spiro atoms. The van der Waals surface area contributed by atoms with E-state index in [0.717, 1.165) is 21.2 Å². The van der Waals surface area contributed by atoms with Gasteiger partial charge in [0.1, 0.15) is 11.1 Å². The van der Waals surface area contributed by atoms with Crippen LogP contribution in [-0.4, -0.2) is 16.8 Å². The number of fused-ring (bicyclic) bond motifs is 1. The highest BCUT2D eigenvalue weighted by Gasteiger charge is 2.22. The zero-order valence-electron chi connectivity index (χ0n) is 19.3. The standard InChI is InChI=1S/C30H23N3O2S/c34-29(24-14-13-21-8-4-5-11-23(21)20-24)32-25-15-17-26(18-16-25)36-28(22-9-2-1-3-10-22)30(35)33-27-12-6-7-19-31-27/h1-20,28H,(H,32,34)(H,31,33,35). The van der Waals surface area contributed by atoms with Crippen LogP contribution in [-0.2, 0) is 4.79 Å². The molecule has 0 saturated heterocycles. The van der Waals surface area contributed by atoms with E-state index in [2.05, 4.69) is 15.6 Å². The first-order valence-electron chi connectivity index (χ1n) is 11.5. The summed E-state index contributed by atoms with van der Waals surface area (Å²) in [6, 6.07) is 36.2. The molecule has 5 rings (SSSR count). The molecule has 6 heteroatoms. The van der Waals surface area contributed by atoms with E-state index >= 15 is 0 Å². The number of hydrogen-bond donors (Lipinski definition) is 2. The second-order valence-electron chi connectivity index (χ2n) is 8.15. The lowest BCUT2D eigenvalue weighted by atomic mass is 10.1. The summed E-state index contributed by atoms with van der Waals surface area (Å²) in [5.41, 5.74) is 2.18. The minimum Gasteiger partial charge on any atom is -0.322 e. The zero-order valence-corrected chi connectivity index (χ0v) is 20.1. The molecular formula is C30H23N3O2S. The van der Waals surface area contributed by atoms with Crippen LogP contribution in [0, 0.1) is 0 Å². The van der Waals surface area contributed by atoms with Gasteiger partial charge in [0.2, 0.25) is 5.91 Å². The molecule has 2 amide bonds. The van der Waals surface area contributed by atoms with Gasteiger partial charge in [-0.2, -0.15) is 0 Å². The Kier molecular flexibility index (Phi) is 7.05. The van der Waals surface area contributed by atoms with Crippen molar-refractivity contribution in [3.05, 3.63) is 133 Å². The number of benzene rings is 4. The Morgan fingerprint density at radius 3 is 2.17 bits per heavy atom. The largest absolute Gasteiger partial charge is 0.322 e. The zero-order chi connectivity index (χ0) is 24.7. The van der Waals surface area contributed by atoms with Crippen molar-refractivity contribution in [3.8, 4) is 0 Å². The summed E-state index contributed by atoms with van der Waals surface area (Å²) in [6.07, 6.45) is 1.64. The van der Waals surface area contributed by atoms with Gasteiger partial charge in [0.25, 0.3) is 5.91 Å². The van der Waals surface area contributed by atoms with Gasteiger partial charge in [0, 0.05) is 22.3 Å². The Morgan fingerprint density at radius 2 is 1.42 bits per heavy atom. The fraction of sp³-hybridized carbons (Fsp3) is 0.0333. The van der Waals surface area contributed by atoms with Gasteiger partial charge in [-0.15, -0.1) is 11.8 Å². The lowest BCUT2D eigenvalue weighted by molar-refractivity contribution is -0.115. The normalized spacial score (nSPS) is 11.6. The first-order valence-corrected chi connectivity index (χ1v) is 12.4. The minimum atomic E-state index is -0.466. The van der Waals surface area contributed by atoms with Crippen LogP contribution in [0.15, 0.2) is 126 Å². The molecule has 2 N–H and O–H groups in total. The van der Waals surface area contributed by atoms with Crippen LogP contribution >= 0.6 is 11.8 Å². The topological polar surface area (TPSA) is 71.1 Å². The van der Waals surface area contributed by atoms with E-state index in [-0.39, 0.29) is 11.8 Å². The fourth-order valence-electron chi connectivity index (χ4n) is 3.82. The number of nitrogens with one attached hydrogen (secondary N) is 2. The van der Waals surface area contributed by atoms with Gasteiger partial charge >= 0.3 is 0 Å². The molecule has 0 fully saturated rings. The SMILES string of the molecule is O=C(Nc1ccc(SC(C(=O)Nc2ccccn2)c2ccccc2)cc1)c1ccc2ccccc2c1. The smallest absolute Gasteiger partial charge is 0.255 e. The van der Waals surface area contributed by atoms with Crippen molar-refractivity contribution in [2.24, 2.45) is 0 Å². The summed E-state index contributed by atoms with van der Waals surface area (Å²) in [4.78, 5) is 31.1. The molecule has 1 heterocycles. The van der Waals surface area contributed by atoms with Crippen molar-refractivity contribution < 1.29 is 9.59 Å². The predicted octanol–water partition coefficient (Wildman–Crippen LogP) is 6.96. The summed E-state index contributed by atoms with van der Waals surface area (Å²) in [5.74, 6) is 0.187. The number of anilines is 2. The van der Waals surface area contributed by atoms with E-state index in [9.17, 15) is 9.59 Å². The van der Waals surface area contributed by atoms with E-state index in [1.807, 2.05) is 103 Å². The van der Waals surface area contributed by atoms with E-state index < -0.39 is 5.25 Å².